The van der Waals surface area contributed by atoms with Crippen molar-refractivity contribution < 1.29 is 4.43 Å². The lowest BCUT2D eigenvalue weighted by molar-refractivity contribution is 0.182. The van der Waals surface area contributed by atoms with Crippen molar-refractivity contribution in [1.29, 1.82) is 0 Å². The highest BCUT2D eigenvalue weighted by molar-refractivity contribution is 7.40. The summed E-state index contributed by atoms with van der Waals surface area (Å²) in [5.74, 6) is 0.445. The van der Waals surface area contributed by atoms with E-state index < -0.39 is 23.5 Å². The molecule has 0 unspecified atom stereocenters. The lowest BCUT2D eigenvalue weighted by atomic mass is 9.94. The first kappa shape index (κ1) is 28.4. The Bertz CT molecular complexity index is 864. The summed E-state index contributed by atoms with van der Waals surface area (Å²) in [7, 11) is -5.12. The van der Waals surface area contributed by atoms with E-state index in [1.165, 1.54) is 61.4 Å². The lowest BCUT2D eigenvalue weighted by Crippen LogP contribution is -2.64. The molecule has 1 heterocycles. The van der Waals surface area contributed by atoms with Crippen molar-refractivity contribution in [2.24, 2.45) is 5.92 Å². The van der Waals surface area contributed by atoms with E-state index >= 15 is 0 Å². The molecule has 0 spiro atoms. The smallest absolute Gasteiger partial charge is 0.259 e. The molecule has 0 aromatic heterocycles. The van der Waals surface area contributed by atoms with Gasteiger partial charge in [-0.15, -0.1) is 6.58 Å². The molecule has 0 radical (unpaired) electrons. The van der Waals surface area contributed by atoms with E-state index in [0.29, 0.717) is 17.6 Å². The zero-order valence-electron chi connectivity index (χ0n) is 23.4. The molecule has 3 atom stereocenters. The van der Waals surface area contributed by atoms with Gasteiger partial charge in [0.15, 0.2) is 0 Å². The summed E-state index contributed by atoms with van der Waals surface area (Å²) in [6.07, 6.45) is 11.8. The average molecular weight is 523 g/mol. The Morgan fingerprint density at radius 1 is 0.800 bits per heavy atom. The summed E-state index contributed by atoms with van der Waals surface area (Å²) < 4.78 is 7.53. The Labute approximate surface area is 219 Å². The Morgan fingerprint density at radius 3 is 1.80 bits per heavy atom. The second-order valence-corrected chi connectivity index (χ2v) is 33.3. The maximum atomic E-state index is 7.53. The third kappa shape index (κ3) is 6.38. The predicted molar refractivity (Wildman–Crippen MR) is 164 cm³/mol. The molecule has 0 bridgehead atoms. The Kier molecular flexibility index (Phi) is 10.0. The van der Waals surface area contributed by atoms with Gasteiger partial charge in [0.2, 0.25) is 0 Å². The van der Waals surface area contributed by atoms with Gasteiger partial charge in [-0.1, -0.05) is 151 Å². The van der Waals surface area contributed by atoms with E-state index in [1.807, 2.05) is 0 Å². The van der Waals surface area contributed by atoms with Crippen LogP contribution in [0.5, 0.6) is 0 Å². The van der Waals surface area contributed by atoms with Crippen molar-refractivity contribution in [1.82, 2.24) is 0 Å². The molecule has 0 amide bonds. The summed E-state index contributed by atoms with van der Waals surface area (Å²) in [4.78, 5) is 0. The average Bonchev–Trinajstić information content (AvgIpc) is 3.15. The molecule has 2 aromatic rings. The van der Waals surface area contributed by atoms with Crippen LogP contribution in [0.4, 0.5) is 0 Å². The van der Waals surface area contributed by atoms with E-state index in [1.54, 1.807) is 0 Å². The summed E-state index contributed by atoms with van der Waals surface area (Å²) >= 11 is 0. The summed E-state index contributed by atoms with van der Waals surface area (Å²) in [5, 5.41) is 2.91. The van der Waals surface area contributed by atoms with Gasteiger partial charge in [-0.05, 0) is 22.3 Å². The fourth-order valence-corrected chi connectivity index (χ4v) is 18.3. The quantitative estimate of drug-likeness (QED) is 0.146. The first-order valence-corrected chi connectivity index (χ1v) is 23.8. The number of hydrogen-bond donors (Lipinski definition) is 0. The second-order valence-electron chi connectivity index (χ2n) is 12.4. The molecule has 0 aliphatic carbocycles. The van der Waals surface area contributed by atoms with Crippen molar-refractivity contribution in [2.75, 3.05) is 0 Å². The van der Waals surface area contributed by atoms with Gasteiger partial charge in [-0.2, -0.15) is 0 Å². The predicted octanol–water partition coefficient (Wildman–Crippen LogP) is 8.19. The maximum absolute atomic E-state index is 7.53. The van der Waals surface area contributed by atoms with E-state index in [-0.39, 0.29) is 0 Å². The normalized spacial score (nSPS) is 22.3. The van der Waals surface area contributed by atoms with Crippen molar-refractivity contribution in [2.45, 2.75) is 102 Å². The molecule has 0 N–H and O–H groups in total. The number of rotatable bonds is 13. The molecule has 35 heavy (non-hydrogen) atoms. The SMILES string of the molecule is C=C[C@H]1[C@@H](CCCCCCCC)O[Si](c2ccccc2)(c2ccccc2)[C@H]1C[Si](C)(C)[Si](C)(C)C. The van der Waals surface area contributed by atoms with Crippen LogP contribution < -0.4 is 10.4 Å². The highest BCUT2D eigenvalue weighted by Gasteiger charge is 2.59. The van der Waals surface area contributed by atoms with Crippen molar-refractivity contribution in [3.63, 3.8) is 0 Å². The van der Waals surface area contributed by atoms with Crippen molar-refractivity contribution in [3.05, 3.63) is 73.3 Å². The molecule has 1 aliphatic heterocycles. The fraction of sp³-hybridized carbons (Fsp3) is 0.548. The Balaban J connectivity index is 2.04. The summed E-state index contributed by atoms with van der Waals surface area (Å²) in [6, 6.07) is 24.0. The monoisotopic (exact) mass is 522 g/mol. The minimum atomic E-state index is -2.45. The summed E-state index contributed by atoms with van der Waals surface area (Å²) in [5.41, 5.74) is 0.559. The van der Waals surface area contributed by atoms with Gasteiger partial charge < -0.3 is 4.43 Å². The van der Waals surface area contributed by atoms with Gasteiger partial charge in [0, 0.05) is 21.1 Å². The standard InChI is InChI=1S/C31H50OSi3/c1-8-10-11-12-13-20-25-30-29(9-2)31(26-34(6,7)33(3,4)5)35(32-30,27-21-16-14-17-22-27)28-23-18-15-19-24-28/h9,14-19,21-24,29-31H,2,8,10-13,20,25-26H2,1,3-7H3/t29-,30+,31-/m0/s1. The first-order valence-electron chi connectivity index (χ1n) is 14.1. The highest BCUT2D eigenvalue weighted by atomic mass is 29.3. The third-order valence-corrected chi connectivity index (χ3v) is 32.4. The highest BCUT2D eigenvalue weighted by Crippen LogP contribution is 2.49. The number of benzene rings is 2. The molecular weight excluding hydrogens is 473 g/mol. The first-order chi connectivity index (χ1) is 16.7. The molecule has 2 aromatic carbocycles. The zero-order valence-corrected chi connectivity index (χ0v) is 26.4. The maximum Gasteiger partial charge on any atom is 0.259 e. The molecule has 1 saturated heterocycles. The van der Waals surface area contributed by atoms with Crippen LogP contribution in [0.1, 0.15) is 51.9 Å². The van der Waals surface area contributed by atoms with Crippen LogP contribution in [0.3, 0.4) is 0 Å². The van der Waals surface area contributed by atoms with Gasteiger partial charge in [0.05, 0.1) is 6.10 Å². The molecular formula is C31H50OSi3. The van der Waals surface area contributed by atoms with Crippen molar-refractivity contribution in [3.8, 4) is 0 Å². The van der Waals surface area contributed by atoms with E-state index in [2.05, 4.69) is 113 Å². The second kappa shape index (κ2) is 12.4. The minimum absolute atomic E-state index is 0.294. The molecule has 0 saturated carbocycles. The number of hydrogen-bond acceptors (Lipinski definition) is 1. The zero-order chi connectivity index (χ0) is 25.5. The van der Waals surface area contributed by atoms with Crippen LogP contribution >= 0.6 is 0 Å². The molecule has 1 fully saturated rings. The molecule has 1 aliphatic rings. The summed E-state index contributed by atoms with van der Waals surface area (Å²) in [6.45, 7) is 19.8. The van der Waals surface area contributed by atoms with E-state index in [4.69, 9.17) is 4.43 Å². The molecule has 4 heteroatoms. The number of unbranched alkanes of at least 4 members (excludes halogenated alkanes) is 5. The van der Waals surface area contributed by atoms with E-state index in [0.717, 1.165) is 0 Å². The van der Waals surface area contributed by atoms with E-state index in [9.17, 15) is 0 Å². The van der Waals surface area contributed by atoms with Crippen LogP contribution in [-0.4, -0.2) is 29.6 Å². The molecule has 192 valence electrons. The molecule has 3 rings (SSSR count). The van der Waals surface area contributed by atoms with Crippen LogP contribution in [0.2, 0.25) is 44.3 Å². The van der Waals surface area contributed by atoms with Crippen LogP contribution in [0.15, 0.2) is 73.3 Å². The largest absolute Gasteiger partial charge is 0.404 e. The van der Waals surface area contributed by atoms with Gasteiger partial charge in [-0.25, -0.2) is 0 Å². The van der Waals surface area contributed by atoms with Gasteiger partial charge in [0.25, 0.3) is 8.32 Å². The minimum Gasteiger partial charge on any atom is -0.404 e. The fourth-order valence-electron chi connectivity index (χ4n) is 5.87. The Morgan fingerprint density at radius 2 is 1.31 bits per heavy atom. The topological polar surface area (TPSA) is 9.23 Å². The van der Waals surface area contributed by atoms with Crippen LogP contribution in [0.25, 0.3) is 0 Å². The van der Waals surface area contributed by atoms with Gasteiger partial charge >= 0.3 is 0 Å². The van der Waals surface area contributed by atoms with Gasteiger partial charge in [-0.3, -0.25) is 0 Å². The van der Waals surface area contributed by atoms with Crippen LogP contribution in [-0.2, 0) is 4.43 Å². The Hall–Kier alpha value is -1.21. The molecule has 1 nitrogen and oxygen atoms in total. The van der Waals surface area contributed by atoms with Crippen LogP contribution in [0, 0.1) is 5.92 Å². The van der Waals surface area contributed by atoms with Crippen molar-refractivity contribution >= 4 is 33.9 Å². The third-order valence-electron chi connectivity index (χ3n) is 9.03. The van der Waals surface area contributed by atoms with Gasteiger partial charge in [0.1, 0.15) is 0 Å². The lowest BCUT2D eigenvalue weighted by Gasteiger charge is -2.42.